The maximum absolute atomic E-state index is 5.47. The van der Waals surface area contributed by atoms with Gasteiger partial charge in [0.1, 0.15) is 0 Å². The summed E-state index contributed by atoms with van der Waals surface area (Å²) >= 11 is 0. The number of ether oxygens (including phenoxy) is 1. The van der Waals surface area contributed by atoms with E-state index >= 15 is 0 Å². The lowest BCUT2D eigenvalue weighted by Gasteiger charge is -2.32. The average Bonchev–Trinajstić information content (AvgIpc) is 3.18. The lowest BCUT2D eigenvalue weighted by molar-refractivity contribution is 0.0823. The van der Waals surface area contributed by atoms with E-state index in [1.54, 1.807) is 0 Å². The van der Waals surface area contributed by atoms with Crippen molar-refractivity contribution in [3.05, 3.63) is 0 Å². The highest BCUT2D eigenvalue weighted by molar-refractivity contribution is 4.84. The normalized spacial score (nSPS) is 17.4. The number of hydrogen-bond donors (Lipinski definition) is 1. The maximum Gasteiger partial charge on any atom is 0.0630 e. The molecule has 1 aliphatic rings. The molecular weight excluding hydrogens is 248 g/mol. The first-order valence-corrected chi connectivity index (χ1v) is 8.49. The topological polar surface area (TPSA) is 24.5 Å². The molecule has 0 bridgehead atoms. The van der Waals surface area contributed by atoms with E-state index < -0.39 is 0 Å². The van der Waals surface area contributed by atoms with Crippen LogP contribution in [0, 0.1) is 11.8 Å². The minimum atomic E-state index is 0.526. The van der Waals surface area contributed by atoms with Crippen molar-refractivity contribution in [1.29, 1.82) is 0 Å². The molecular formula is C17H36N2O. The number of nitrogens with zero attached hydrogens (tertiary/aromatic N) is 1. The summed E-state index contributed by atoms with van der Waals surface area (Å²) in [7, 11) is 1.83. The Morgan fingerprint density at radius 3 is 2.00 bits per heavy atom. The molecule has 0 aromatic carbocycles. The first-order valence-electron chi connectivity index (χ1n) is 8.49. The van der Waals surface area contributed by atoms with Crippen molar-refractivity contribution in [3.63, 3.8) is 0 Å². The van der Waals surface area contributed by atoms with Gasteiger partial charge in [-0.25, -0.2) is 0 Å². The van der Waals surface area contributed by atoms with Crippen LogP contribution in [0.2, 0.25) is 0 Å². The van der Waals surface area contributed by atoms with Gasteiger partial charge in [-0.15, -0.1) is 0 Å². The second-order valence-corrected chi connectivity index (χ2v) is 7.19. The Labute approximate surface area is 126 Å². The Balaban J connectivity index is 2.46. The Bertz CT molecular complexity index is 227. The summed E-state index contributed by atoms with van der Waals surface area (Å²) in [6.07, 6.45) is 5.28. The van der Waals surface area contributed by atoms with Gasteiger partial charge in [-0.2, -0.15) is 0 Å². The van der Waals surface area contributed by atoms with Crippen LogP contribution < -0.4 is 5.32 Å². The molecule has 1 atom stereocenters. The molecule has 1 saturated carbocycles. The predicted molar refractivity (Wildman–Crippen MR) is 87.2 cm³/mol. The maximum atomic E-state index is 5.47. The molecule has 0 saturated heterocycles. The number of rotatable bonds is 12. The zero-order valence-corrected chi connectivity index (χ0v) is 14.3. The van der Waals surface area contributed by atoms with E-state index in [1.807, 2.05) is 7.11 Å². The van der Waals surface area contributed by atoms with Crippen LogP contribution >= 0.6 is 0 Å². The third-order valence-corrected chi connectivity index (χ3v) is 4.08. The molecule has 1 fully saturated rings. The molecule has 0 aromatic rings. The van der Waals surface area contributed by atoms with Crippen LogP contribution in [0.3, 0.4) is 0 Å². The number of nitrogens with one attached hydrogen (secondary N) is 1. The van der Waals surface area contributed by atoms with Crippen molar-refractivity contribution in [2.75, 3.05) is 33.4 Å². The van der Waals surface area contributed by atoms with Gasteiger partial charge in [0.05, 0.1) is 6.61 Å². The van der Waals surface area contributed by atoms with Crippen LogP contribution in [-0.4, -0.2) is 50.3 Å². The van der Waals surface area contributed by atoms with Gasteiger partial charge in [0, 0.05) is 25.7 Å². The van der Waals surface area contributed by atoms with Gasteiger partial charge >= 0.3 is 0 Å². The quantitative estimate of drug-likeness (QED) is 0.596. The first kappa shape index (κ1) is 17.9. The van der Waals surface area contributed by atoms with E-state index in [1.165, 1.54) is 38.8 Å². The highest BCUT2D eigenvalue weighted by atomic mass is 16.5. The average molecular weight is 284 g/mol. The predicted octanol–water partition coefficient (Wildman–Crippen LogP) is 3.15. The highest BCUT2D eigenvalue weighted by Gasteiger charge is 2.24. The van der Waals surface area contributed by atoms with Gasteiger partial charge in [0.2, 0.25) is 0 Å². The molecule has 0 aliphatic heterocycles. The van der Waals surface area contributed by atoms with E-state index in [2.05, 4.69) is 37.9 Å². The molecule has 20 heavy (non-hydrogen) atoms. The molecule has 0 heterocycles. The molecule has 3 heteroatoms. The van der Waals surface area contributed by atoms with Crippen molar-refractivity contribution >= 4 is 0 Å². The SMILES string of the molecule is COCC(CNC1CC1)N(CCC(C)C)CCC(C)C. The third kappa shape index (κ3) is 8.23. The van der Waals surface area contributed by atoms with Crippen molar-refractivity contribution in [3.8, 4) is 0 Å². The molecule has 1 N–H and O–H groups in total. The van der Waals surface area contributed by atoms with Crippen molar-refractivity contribution in [2.45, 2.75) is 65.5 Å². The largest absolute Gasteiger partial charge is 0.383 e. The van der Waals surface area contributed by atoms with Gasteiger partial charge in [-0.3, -0.25) is 4.90 Å². The summed E-state index contributed by atoms with van der Waals surface area (Å²) in [6, 6.07) is 1.31. The molecule has 0 radical (unpaired) electrons. The van der Waals surface area contributed by atoms with Crippen LogP contribution in [0.1, 0.15) is 53.4 Å². The number of methoxy groups -OCH3 is 1. The standard InChI is InChI=1S/C17H36N2O/c1-14(2)8-10-19(11-9-15(3)4)17(13-20-5)12-18-16-6-7-16/h14-18H,6-13H2,1-5H3. The van der Waals surface area contributed by atoms with Gasteiger partial charge in [-0.05, 0) is 50.6 Å². The summed E-state index contributed by atoms with van der Waals surface area (Å²) in [4.78, 5) is 2.65. The fraction of sp³-hybridized carbons (Fsp3) is 1.00. The van der Waals surface area contributed by atoms with Crippen molar-refractivity contribution < 1.29 is 4.74 Å². The van der Waals surface area contributed by atoms with E-state index in [0.29, 0.717) is 6.04 Å². The van der Waals surface area contributed by atoms with Crippen LogP contribution in [0.4, 0.5) is 0 Å². The summed E-state index contributed by atoms with van der Waals surface area (Å²) < 4.78 is 5.47. The molecule has 0 spiro atoms. The van der Waals surface area contributed by atoms with Crippen LogP contribution in [0.25, 0.3) is 0 Å². The summed E-state index contributed by atoms with van der Waals surface area (Å²) in [5.41, 5.74) is 0. The molecule has 0 amide bonds. The minimum Gasteiger partial charge on any atom is -0.383 e. The van der Waals surface area contributed by atoms with Gasteiger partial charge in [0.15, 0.2) is 0 Å². The van der Waals surface area contributed by atoms with E-state index in [-0.39, 0.29) is 0 Å². The Morgan fingerprint density at radius 2 is 1.60 bits per heavy atom. The zero-order valence-electron chi connectivity index (χ0n) is 14.3. The zero-order chi connectivity index (χ0) is 15.0. The molecule has 0 aromatic heterocycles. The molecule has 3 nitrogen and oxygen atoms in total. The first-order chi connectivity index (χ1) is 9.52. The molecule has 1 aliphatic carbocycles. The molecule has 1 rings (SSSR count). The summed E-state index contributed by atoms with van der Waals surface area (Å²) in [5.74, 6) is 1.55. The summed E-state index contributed by atoms with van der Waals surface area (Å²) in [5, 5.41) is 3.68. The smallest absolute Gasteiger partial charge is 0.0630 e. The van der Waals surface area contributed by atoms with Gasteiger partial charge in [-0.1, -0.05) is 27.7 Å². The fourth-order valence-electron chi connectivity index (χ4n) is 2.40. The van der Waals surface area contributed by atoms with Crippen LogP contribution in [0.15, 0.2) is 0 Å². The van der Waals surface area contributed by atoms with Gasteiger partial charge in [0.25, 0.3) is 0 Å². The number of hydrogen-bond acceptors (Lipinski definition) is 3. The van der Waals surface area contributed by atoms with Gasteiger partial charge < -0.3 is 10.1 Å². The Hall–Kier alpha value is -0.120. The van der Waals surface area contributed by atoms with Crippen LogP contribution in [0.5, 0.6) is 0 Å². The summed E-state index contributed by atoms with van der Waals surface area (Å²) in [6.45, 7) is 13.6. The van der Waals surface area contributed by atoms with E-state index in [9.17, 15) is 0 Å². The second-order valence-electron chi connectivity index (χ2n) is 7.19. The van der Waals surface area contributed by atoms with E-state index in [4.69, 9.17) is 4.74 Å². The monoisotopic (exact) mass is 284 g/mol. The minimum absolute atomic E-state index is 0.526. The third-order valence-electron chi connectivity index (χ3n) is 4.08. The molecule has 1 unspecified atom stereocenters. The lowest BCUT2D eigenvalue weighted by atomic mass is 10.1. The van der Waals surface area contributed by atoms with E-state index in [0.717, 1.165) is 31.0 Å². The van der Waals surface area contributed by atoms with Crippen LogP contribution in [-0.2, 0) is 4.74 Å². The van der Waals surface area contributed by atoms with Crippen molar-refractivity contribution in [1.82, 2.24) is 10.2 Å². The highest BCUT2D eigenvalue weighted by Crippen LogP contribution is 2.19. The fourth-order valence-corrected chi connectivity index (χ4v) is 2.40. The Morgan fingerprint density at radius 1 is 1.05 bits per heavy atom. The molecule has 120 valence electrons. The van der Waals surface area contributed by atoms with Crippen molar-refractivity contribution in [2.24, 2.45) is 11.8 Å². The Kier molecular flexibility index (Phi) is 8.74. The second kappa shape index (κ2) is 9.75. The lowest BCUT2D eigenvalue weighted by Crippen LogP contribution is -2.47.